The maximum absolute atomic E-state index is 6.03. The molecular weight excluding hydrogens is 272 g/mol. The Bertz CT molecular complexity index is 354. The van der Waals surface area contributed by atoms with E-state index in [0.29, 0.717) is 23.8 Å². The molecular formula is C10H12Cl3NO2. The fourth-order valence-electron chi connectivity index (χ4n) is 1.19. The molecule has 3 nitrogen and oxygen atoms in total. The first kappa shape index (κ1) is 14.0. The lowest BCUT2D eigenvalue weighted by atomic mass is 10.2. The highest BCUT2D eigenvalue weighted by Crippen LogP contribution is 2.36. The first-order valence-electron chi connectivity index (χ1n) is 4.84. The first-order valence-corrected chi connectivity index (χ1v) is 5.97. The minimum atomic E-state index is -0.615. The normalized spacial score (nSPS) is 11.1. The van der Waals surface area contributed by atoms with Crippen LogP contribution in [0.25, 0.3) is 0 Å². The van der Waals surface area contributed by atoms with Gasteiger partial charge in [0.1, 0.15) is 5.15 Å². The van der Waals surface area contributed by atoms with E-state index < -0.39 is 6.29 Å². The Labute approximate surface area is 110 Å². The zero-order valence-corrected chi connectivity index (χ0v) is 11.2. The van der Waals surface area contributed by atoms with E-state index in [-0.39, 0.29) is 10.2 Å². The molecule has 6 heteroatoms. The van der Waals surface area contributed by atoms with Crippen LogP contribution < -0.4 is 0 Å². The Balaban J connectivity index is 3.11. The lowest BCUT2D eigenvalue weighted by Crippen LogP contribution is -2.10. The van der Waals surface area contributed by atoms with E-state index >= 15 is 0 Å². The van der Waals surface area contributed by atoms with Crippen LogP contribution in [0.15, 0.2) is 6.20 Å². The van der Waals surface area contributed by atoms with Crippen molar-refractivity contribution < 1.29 is 9.47 Å². The third-order valence-electron chi connectivity index (χ3n) is 1.84. The molecule has 1 rings (SSSR count). The lowest BCUT2D eigenvalue weighted by Gasteiger charge is -2.19. The monoisotopic (exact) mass is 283 g/mol. The second-order valence-corrected chi connectivity index (χ2v) is 4.01. The predicted molar refractivity (Wildman–Crippen MR) is 65.3 cm³/mol. The van der Waals surface area contributed by atoms with Gasteiger partial charge in [0.2, 0.25) is 0 Å². The summed E-state index contributed by atoms with van der Waals surface area (Å²) in [5.74, 6) is 0. The topological polar surface area (TPSA) is 31.4 Å². The molecule has 90 valence electrons. The molecule has 1 aromatic heterocycles. The van der Waals surface area contributed by atoms with Crippen molar-refractivity contribution in [3.05, 3.63) is 27.0 Å². The maximum Gasteiger partial charge on any atom is 0.186 e. The van der Waals surface area contributed by atoms with Crippen molar-refractivity contribution in [3.8, 4) is 0 Å². The van der Waals surface area contributed by atoms with Gasteiger partial charge in [-0.2, -0.15) is 0 Å². The van der Waals surface area contributed by atoms with E-state index in [1.165, 1.54) is 6.20 Å². The summed E-state index contributed by atoms with van der Waals surface area (Å²) < 4.78 is 10.8. The van der Waals surface area contributed by atoms with Gasteiger partial charge in [-0.15, -0.1) is 0 Å². The quantitative estimate of drug-likeness (QED) is 0.602. The summed E-state index contributed by atoms with van der Waals surface area (Å²) in [4.78, 5) is 3.83. The Kier molecular flexibility index (Phi) is 5.79. The molecule has 0 amide bonds. The van der Waals surface area contributed by atoms with Crippen molar-refractivity contribution in [2.75, 3.05) is 13.2 Å². The molecule has 0 atom stereocenters. The molecule has 16 heavy (non-hydrogen) atoms. The summed E-state index contributed by atoms with van der Waals surface area (Å²) in [7, 11) is 0. The fourth-order valence-corrected chi connectivity index (χ4v) is 1.86. The van der Waals surface area contributed by atoms with E-state index in [1.807, 2.05) is 13.8 Å². The number of ether oxygens (including phenoxy) is 2. The van der Waals surface area contributed by atoms with Gasteiger partial charge in [0.05, 0.1) is 10.0 Å². The van der Waals surface area contributed by atoms with Crippen LogP contribution in [0.5, 0.6) is 0 Å². The van der Waals surface area contributed by atoms with E-state index in [1.54, 1.807) is 0 Å². The van der Waals surface area contributed by atoms with Gasteiger partial charge in [0, 0.05) is 25.0 Å². The number of pyridine rings is 1. The minimum Gasteiger partial charge on any atom is -0.349 e. The second kappa shape index (κ2) is 6.62. The number of hydrogen-bond acceptors (Lipinski definition) is 3. The fraction of sp³-hybridized carbons (Fsp3) is 0.500. The number of hydrogen-bond donors (Lipinski definition) is 0. The van der Waals surface area contributed by atoms with E-state index in [2.05, 4.69) is 4.98 Å². The zero-order valence-electron chi connectivity index (χ0n) is 8.97. The lowest BCUT2D eigenvalue weighted by molar-refractivity contribution is -0.140. The minimum absolute atomic E-state index is 0.186. The van der Waals surface area contributed by atoms with Gasteiger partial charge in [-0.25, -0.2) is 4.98 Å². The molecule has 0 spiro atoms. The molecule has 0 aliphatic heterocycles. The van der Waals surface area contributed by atoms with Crippen molar-refractivity contribution >= 4 is 34.8 Å². The summed E-state index contributed by atoms with van der Waals surface area (Å²) in [5, 5.41) is 0.827. The van der Waals surface area contributed by atoms with Gasteiger partial charge in [0.15, 0.2) is 6.29 Å². The smallest absolute Gasteiger partial charge is 0.186 e. The van der Waals surface area contributed by atoms with Crippen LogP contribution in [0.3, 0.4) is 0 Å². The molecule has 0 N–H and O–H groups in total. The summed E-state index contributed by atoms with van der Waals surface area (Å²) in [6, 6.07) is 0. The number of rotatable bonds is 5. The van der Waals surface area contributed by atoms with Crippen molar-refractivity contribution in [1.82, 2.24) is 4.98 Å². The summed E-state index contributed by atoms with van der Waals surface area (Å²) in [6.07, 6.45) is 0.811. The van der Waals surface area contributed by atoms with Gasteiger partial charge in [-0.05, 0) is 13.8 Å². The van der Waals surface area contributed by atoms with Crippen LogP contribution in [-0.4, -0.2) is 18.2 Å². The molecule has 0 aliphatic carbocycles. The molecule has 0 aliphatic rings. The van der Waals surface area contributed by atoms with Crippen LogP contribution in [0.4, 0.5) is 0 Å². The van der Waals surface area contributed by atoms with Gasteiger partial charge < -0.3 is 9.47 Å². The third kappa shape index (κ3) is 3.22. The van der Waals surface area contributed by atoms with Crippen molar-refractivity contribution in [2.45, 2.75) is 20.1 Å². The summed E-state index contributed by atoms with van der Waals surface area (Å²) in [5.41, 5.74) is 0.520. The third-order valence-corrected chi connectivity index (χ3v) is 2.91. The molecule has 1 heterocycles. The molecule has 0 radical (unpaired) electrons. The average molecular weight is 285 g/mol. The summed E-state index contributed by atoms with van der Waals surface area (Å²) in [6.45, 7) is 4.68. The Hall–Kier alpha value is -0.0600. The van der Waals surface area contributed by atoms with Crippen molar-refractivity contribution in [1.29, 1.82) is 0 Å². The molecule has 0 saturated carbocycles. The van der Waals surface area contributed by atoms with Crippen LogP contribution in [-0.2, 0) is 9.47 Å². The van der Waals surface area contributed by atoms with E-state index in [9.17, 15) is 0 Å². The predicted octanol–water partition coefficient (Wildman–Crippen LogP) is 4.11. The van der Waals surface area contributed by atoms with Crippen LogP contribution in [0.1, 0.15) is 25.7 Å². The standard InChI is InChI=1S/C10H12Cl3NO2/c1-3-15-10(16-4-2)7-6(11)5-14-9(13)8(7)12/h5,10H,3-4H2,1-2H3. The van der Waals surface area contributed by atoms with Crippen LogP contribution >= 0.6 is 34.8 Å². The maximum atomic E-state index is 6.03. The first-order chi connectivity index (χ1) is 7.61. The van der Waals surface area contributed by atoms with Gasteiger partial charge >= 0.3 is 0 Å². The van der Waals surface area contributed by atoms with Gasteiger partial charge in [0.25, 0.3) is 0 Å². The summed E-state index contributed by atoms with van der Waals surface area (Å²) >= 11 is 17.8. The van der Waals surface area contributed by atoms with Gasteiger partial charge in [-0.1, -0.05) is 34.8 Å². The van der Waals surface area contributed by atoms with Gasteiger partial charge in [-0.3, -0.25) is 0 Å². The number of nitrogens with zero attached hydrogens (tertiary/aromatic N) is 1. The van der Waals surface area contributed by atoms with Crippen LogP contribution in [0.2, 0.25) is 15.2 Å². The average Bonchev–Trinajstić information content (AvgIpc) is 2.25. The highest BCUT2D eigenvalue weighted by atomic mass is 35.5. The van der Waals surface area contributed by atoms with Crippen molar-refractivity contribution in [3.63, 3.8) is 0 Å². The second-order valence-electron chi connectivity index (χ2n) is 2.87. The molecule has 0 bridgehead atoms. The Morgan fingerprint density at radius 1 is 1.19 bits per heavy atom. The molecule has 0 unspecified atom stereocenters. The SMILES string of the molecule is CCOC(OCC)c1c(Cl)cnc(Cl)c1Cl. The molecule has 0 fully saturated rings. The number of aromatic nitrogens is 1. The molecule has 0 aromatic carbocycles. The zero-order chi connectivity index (χ0) is 12.1. The highest BCUT2D eigenvalue weighted by Gasteiger charge is 2.21. The number of halogens is 3. The Morgan fingerprint density at radius 2 is 1.75 bits per heavy atom. The van der Waals surface area contributed by atoms with Crippen molar-refractivity contribution in [2.24, 2.45) is 0 Å². The molecule has 1 aromatic rings. The Morgan fingerprint density at radius 3 is 2.25 bits per heavy atom. The van der Waals surface area contributed by atoms with E-state index in [0.717, 1.165) is 0 Å². The van der Waals surface area contributed by atoms with E-state index in [4.69, 9.17) is 44.3 Å². The van der Waals surface area contributed by atoms with Crippen LogP contribution in [0, 0.1) is 0 Å². The largest absolute Gasteiger partial charge is 0.349 e. The highest BCUT2D eigenvalue weighted by molar-refractivity contribution is 6.43. The molecule has 0 saturated heterocycles.